The van der Waals surface area contributed by atoms with Crippen LogP contribution in [0, 0.1) is 0 Å². The van der Waals surface area contributed by atoms with Gasteiger partial charge in [-0.1, -0.05) is 30.3 Å². The number of fused-ring (bicyclic) bond motifs is 2. The standard InChI is InChI=1S/C28H23N5O4S3/c1-33-21-7-4-3-6-17(21)12-22(33)28(34)31-19-10-9-16(13-23(19)37-2)18-15-39-26-20(14-30-27(29)25(18)26)32-40(35,36)24-8-5-11-38-24/h3-15,32H,1-2H3,(H2,29,30)(H,31,34). The van der Waals surface area contributed by atoms with Crippen LogP contribution in [-0.4, -0.2) is 31.0 Å². The number of sulfonamides is 1. The highest BCUT2D eigenvalue weighted by Crippen LogP contribution is 2.42. The Morgan fingerprint density at radius 1 is 1.05 bits per heavy atom. The molecule has 12 heteroatoms. The van der Waals surface area contributed by atoms with Crippen molar-refractivity contribution in [2.75, 3.05) is 22.9 Å². The summed E-state index contributed by atoms with van der Waals surface area (Å²) in [5.41, 5.74) is 10.2. The van der Waals surface area contributed by atoms with E-state index in [4.69, 9.17) is 10.5 Å². The lowest BCUT2D eigenvalue weighted by Gasteiger charge is -2.13. The minimum Gasteiger partial charge on any atom is -0.495 e. The van der Waals surface area contributed by atoms with Gasteiger partial charge in [0.2, 0.25) is 0 Å². The minimum absolute atomic E-state index is 0.208. The van der Waals surface area contributed by atoms with E-state index in [0.29, 0.717) is 32.9 Å². The third-order valence-electron chi connectivity index (χ3n) is 6.57. The number of thiophene rings is 2. The molecule has 0 fully saturated rings. The monoisotopic (exact) mass is 589 g/mol. The molecule has 40 heavy (non-hydrogen) atoms. The maximum absolute atomic E-state index is 13.2. The van der Waals surface area contributed by atoms with E-state index in [-0.39, 0.29) is 15.9 Å². The van der Waals surface area contributed by atoms with E-state index in [2.05, 4.69) is 15.0 Å². The number of aromatic nitrogens is 2. The Kier molecular flexibility index (Phi) is 6.45. The maximum atomic E-state index is 13.2. The second-order valence-corrected chi connectivity index (χ2v) is 12.7. The second kappa shape index (κ2) is 9.97. The van der Waals surface area contributed by atoms with Crippen LogP contribution in [0.3, 0.4) is 0 Å². The molecule has 0 aliphatic rings. The predicted octanol–water partition coefficient (Wildman–Crippen LogP) is 6.16. The summed E-state index contributed by atoms with van der Waals surface area (Å²) in [6.45, 7) is 0. The Bertz CT molecular complexity index is 2010. The fourth-order valence-corrected chi connectivity index (χ4v) is 7.79. The van der Waals surface area contributed by atoms with Gasteiger partial charge in [-0.05, 0) is 41.3 Å². The van der Waals surface area contributed by atoms with Crippen LogP contribution in [0.1, 0.15) is 10.5 Å². The molecule has 0 spiro atoms. The van der Waals surface area contributed by atoms with Gasteiger partial charge in [-0.25, -0.2) is 13.4 Å². The van der Waals surface area contributed by atoms with Gasteiger partial charge in [0.1, 0.15) is 21.5 Å². The van der Waals surface area contributed by atoms with Crippen molar-refractivity contribution in [2.45, 2.75) is 4.21 Å². The molecule has 4 heterocycles. The van der Waals surface area contributed by atoms with Crippen molar-refractivity contribution in [1.82, 2.24) is 9.55 Å². The van der Waals surface area contributed by atoms with Gasteiger partial charge >= 0.3 is 0 Å². The Balaban J connectivity index is 1.34. The molecule has 2 aromatic carbocycles. The van der Waals surface area contributed by atoms with Crippen molar-refractivity contribution in [2.24, 2.45) is 7.05 Å². The Morgan fingerprint density at radius 3 is 2.62 bits per heavy atom. The van der Waals surface area contributed by atoms with Crippen molar-refractivity contribution >= 4 is 76.8 Å². The molecule has 0 saturated carbocycles. The van der Waals surface area contributed by atoms with Crippen LogP contribution in [0.2, 0.25) is 0 Å². The van der Waals surface area contributed by atoms with E-state index in [1.165, 1.54) is 24.6 Å². The van der Waals surface area contributed by atoms with Gasteiger partial charge in [-0.3, -0.25) is 9.52 Å². The second-order valence-electron chi connectivity index (χ2n) is 8.96. The van der Waals surface area contributed by atoms with Crippen molar-refractivity contribution in [3.8, 4) is 16.9 Å². The zero-order valence-electron chi connectivity index (χ0n) is 21.3. The zero-order chi connectivity index (χ0) is 28.0. The molecule has 202 valence electrons. The number of pyridine rings is 1. The number of ether oxygens (including phenoxy) is 1. The summed E-state index contributed by atoms with van der Waals surface area (Å²) >= 11 is 2.49. The lowest BCUT2D eigenvalue weighted by atomic mass is 10.0. The van der Waals surface area contributed by atoms with Crippen molar-refractivity contribution in [3.05, 3.63) is 83.3 Å². The highest BCUT2D eigenvalue weighted by atomic mass is 32.2. The number of nitrogen functional groups attached to an aromatic ring is 1. The van der Waals surface area contributed by atoms with Crippen LogP contribution >= 0.6 is 22.7 Å². The number of carbonyl (C=O) groups excluding carboxylic acids is 1. The number of carbonyl (C=O) groups is 1. The average molecular weight is 590 g/mol. The number of hydrogen-bond acceptors (Lipinski definition) is 8. The molecular weight excluding hydrogens is 567 g/mol. The summed E-state index contributed by atoms with van der Waals surface area (Å²) in [5.74, 6) is 0.476. The Morgan fingerprint density at radius 2 is 1.88 bits per heavy atom. The van der Waals surface area contributed by atoms with E-state index in [1.54, 1.807) is 29.6 Å². The largest absolute Gasteiger partial charge is 0.495 e. The van der Waals surface area contributed by atoms with Crippen LogP contribution in [-0.2, 0) is 17.1 Å². The first-order chi connectivity index (χ1) is 19.3. The summed E-state index contributed by atoms with van der Waals surface area (Å²) in [5, 5.41) is 8.16. The van der Waals surface area contributed by atoms with E-state index in [0.717, 1.165) is 33.4 Å². The Labute approximate surface area is 237 Å². The fraction of sp³-hybridized carbons (Fsp3) is 0.0714. The fourth-order valence-electron chi connectivity index (χ4n) is 4.62. The number of amides is 1. The number of rotatable bonds is 7. The molecule has 0 radical (unpaired) electrons. The lowest BCUT2D eigenvalue weighted by molar-refractivity contribution is 0.101. The van der Waals surface area contributed by atoms with E-state index in [9.17, 15) is 13.2 Å². The van der Waals surface area contributed by atoms with Gasteiger partial charge in [0.25, 0.3) is 15.9 Å². The molecule has 0 aliphatic carbocycles. The number of para-hydroxylation sites is 1. The topological polar surface area (TPSA) is 128 Å². The molecule has 0 atom stereocenters. The number of nitrogens with two attached hydrogens (primary N) is 1. The van der Waals surface area contributed by atoms with E-state index >= 15 is 0 Å². The van der Waals surface area contributed by atoms with Gasteiger partial charge in [0.15, 0.2) is 0 Å². The SMILES string of the molecule is COc1cc(-c2csc3c(NS(=O)(=O)c4cccs4)cnc(N)c23)ccc1NC(=O)c1cc2ccccc2n1C. The van der Waals surface area contributed by atoms with Crippen LogP contribution < -0.4 is 20.5 Å². The molecule has 9 nitrogen and oxygen atoms in total. The van der Waals surface area contributed by atoms with Crippen molar-refractivity contribution < 1.29 is 17.9 Å². The molecule has 0 aliphatic heterocycles. The van der Waals surface area contributed by atoms with E-state index < -0.39 is 10.0 Å². The molecule has 1 amide bonds. The third kappa shape index (κ3) is 4.45. The molecule has 0 saturated heterocycles. The van der Waals surface area contributed by atoms with Gasteiger partial charge < -0.3 is 20.4 Å². The van der Waals surface area contributed by atoms with Gasteiger partial charge in [0, 0.05) is 34.3 Å². The molecule has 4 N–H and O–H groups in total. The molecule has 0 bridgehead atoms. The smallest absolute Gasteiger partial charge is 0.272 e. The average Bonchev–Trinajstić information content (AvgIpc) is 3.71. The Hall–Kier alpha value is -4.39. The summed E-state index contributed by atoms with van der Waals surface area (Å²) in [6, 6.07) is 18.3. The minimum atomic E-state index is -3.76. The van der Waals surface area contributed by atoms with Crippen molar-refractivity contribution in [1.29, 1.82) is 0 Å². The number of benzene rings is 2. The summed E-state index contributed by atoms with van der Waals surface area (Å²) in [6.07, 6.45) is 1.43. The van der Waals surface area contributed by atoms with E-state index in [1.807, 2.05) is 53.4 Å². The first-order valence-corrected chi connectivity index (χ1v) is 15.3. The predicted molar refractivity (Wildman–Crippen MR) is 162 cm³/mol. The number of nitrogens with one attached hydrogen (secondary N) is 2. The third-order valence-corrected chi connectivity index (χ3v) is 10.4. The molecule has 6 aromatic rings. The van der Waals surface area contributed by atoms with Crippen molar-refractivity contribution in [3.63, 3.8) is 0 Å². The number of aryl methyl sites for hydroxylation is 1. The van der Waals surface area contributed by atoms with Crippen LogP contribution in [0.4, 0.5) is 17.2 Å². The first-order valence-electron chi connectivity index (χ1n) is 12.0. The summed E-state index contributed by atoms with van der Waals surface area (Å²) in [7, 11) is -0.374. The summed E-state index contributed by atoms with van der Waals surface area (Å²) < 4.78 is 36.7. The van der Waals surface area contributed by atoms with Gasteiger partial charge in [-0.2, -0.15) is 0 Å². The highest BCUT2D eigenvalue weighted by Gasteiger charge is 2.21. The lowest BCUT2D eigenvalue weighted by Crippen LogP contribution is -2.16. The molecule has 4 aromatic heterocycles. The molecule has 0 unspecified atom stereocenters. The number of hydrogen-bond donors (Lipinski definition) is 3. The molecule has 6 rings (SSSR count). The van der Waals surface area contributed by atoms with Gasteiger partial charge in [0.05, 0.1) is 29.4 Å². The summed E-state index contributed by atoms with van der Waals surface area (Å²) in [4.78, 5) is 17.4. The number of nitrogens with zero attached hydrogens (tertiary/aromatic N) is 2. The van der Waals surface area contributed by atoms with Crippen LogP contribution in [0.5, 0.6) is 5.75 Å². The van der Waals surface area contributed by atoms with Crippen LogP contribution in [0.15, 0.2) is 81.8 Å². The first kappa shape index (κ1) is 25.9. The maximum Gasteiger partial charge on any atom is 0.272 e. The zero-order valence-corrected chi connectivity index (χ0v) is 23.8. The number of methoxy groups -OCH3 is 1. The highest BCUT2D eigenvalue weighted by molar-refractivity contribution is 7.94. The molecular formula is C28H23N5O4S3. The normalized spacial score (nSPS) is 11.7. The van der Waals surface area contributed by atoms with Gasteiger partial charge in [-0.15, -0.1) is 22.7 Å². The van der Waals surface area contributed by atoms with Crippen LogP contribution in [0.25, 0.3) is 32.1 Å². The quantitative estimate of drug-likeness (QED) is 0.205. The number of anilines is 3.